The first-order valence-electron chi connectivity index (χ1n) is 40.2. The van der Waals surface area contributed by atoms with Crippen LogP contribution in [0.1, 0.15) is 148 Å². The van der Waals surface area contributed by atoms with Crippen molar-refractivity contribution in [2.75, 3.05) is 0 Å². The minimum atomic E-state index is -0.521. The second-order valence-electron chi connectivity index (χ2n) is 30.5. The van der Waals surface area contributed by atoms with Crippen LogP contribution in [0.4, 0.5) is 60.5 Å². The van der Waals surface area contributed by atoms with E-state index in [1.54, 1.807) is 160 Å². The predicted molar refractivity (Wildman–Crippen MR) is 483 cm³/mol. The first-order valence-corrected chi connectivity index (χ1v) is 41.4. The number of nitro groups is 6. The van der Waals surface area contributed by atoms with Crippen LogP contribution in [0.2, 0.25) is 5.02 Å². The first kappa shape index (κ1) is 101. The minimum Gasteiger partial charge on any atom is -0.488 e. The van der Waals surface area contributed by atoms with Gasteiger partial charge in [-0.1, -0.05) is 95.1 Å². The van der Waals surface area contributed by atoms with Gasteiger partial charge in [0, 0.05) is 77.3 Å². The van der Waals surface area contributed by atoms with Crippen molar-refractivity contribution < 1.29 is 84.3 Å². The van der Waals surface area contributed by atoms with Gasteiger partial charge in [-0.15, -0.1) is 0 Å². The molecule has 129 heavy (non-hydrogen) atoms. The van der Waals surface area contributed by atoms with Gasteiger partial charge in [-0.05, 0) is 260 Å². The normalized spacial score (nSPS) is 11.1. The van der Waals surface area contributed by atoms with Crippen molar-refractivity contribution in [1.82, 2.24) is 0 Å². The van der Waals surface area contributed by atoms with Crippen molar-refractivity contribution in [3.8, 4) is 34.5 Å². The van der Waals surface area contributed by atoms with Crippen LogP contribution in [0.15, 0.2) is 186 Å². The van der Waals surface area contributed by atoms with Gasteiger partial charge in [0.1, 0.15) is 109 Å². The molecular weight excluding hydrogens is 1770 g/mol. The molecule has 32 heteroatoms. The number of hydrogen-bond donors (Lipinski definition) is 0. The third-order valence-corrected chi connectivity index (χ3v) is 22.0. The first-order chi connectivity index (χ1) is 61.0. The number of nitro benzene ring substituents is 6. The molecule has 0 spiro atoms. The zero-order chi connectivity index (χ0) is 95.1. The van der Waals surface area contributed by atoms with Crippen molar-refractivity contribution in [3.63, 3.8) is 0 Å². The third kappa shape index (κ3) is 27.4. The Morgan fingerprint density at radius 2 is 0.527 bits per heavy atom. The maximum absolute atomic E-state index is 13.7. The van der Waals surface area contributed by atoms with Gasteiger partial charge in [0.25, 0.3) is 34.1 Å². The van der Waals surface area contributed by atoms with Gasteiger partial charge in [-0.25, -0.2) is 26.3 Å². The summed E-state index contributed by atoms with van der Waals surface area (Å²) < 4.78 is 116. The maximum Gasteiger partial charge on any atom is 0.277 e. The van der Waals surface area contributed by atoms with Crippen LogP contribution in [-0.2, 0) is 46.1 Å². The van der Waals surface area contributed by atoms with Gasteiger partial charge in [-0.3, -0.25) is 60.7 Å². The highest BCUT2D eigenvalue weighted by Gasteiger charge is 2.31. The largest absolute Gasteiger partial charge is 0.488 e. The molecule has 12 aromatic carbocycles. The molecule has 1 aliphatic rings. The van der Waals surface area contributed by atoms with Crippen molar-refractivity contribution in [2.45, 2.75) is 169 Å². The highest BCUT2D eigenvalue weighted by atomic mass is 79.9. The zero-order valence-electron chi connectivity index (χ0n) is 73.3. The molecule has 1 saturated carbocycles. The monoisotopic (exact) mass is 1860 g/mol. The molecule has 0 aliphatic heterocycles. The third-order valence-electron chi connectivity index (χ3n) is 20.9. The Kier molecular flexibility index (Phi) is 35.9. The Labute approximate surface area is 754 Å². The Balaban J connectivity index is 0.000000191. The number of halogens is 8. The highest BCUT2D eigenvalue weighted by Crippen LogP contribution is 2.45. The molecule has 0 aromatic heterocycles. The SMILES string of the molecule is CCc1cccc([N+](=O)[O-])c1COc1cc(F)c(C)cc1C.Cc1cc(C)c(OCc2c(Br)cccc2[N+](=O)[O-])cc1F.Cc1cc(C)c(OCc2c(C)cccc2[N+](=O)[O-])cc1F.Cc1cc(C)c(OCc2c(C)cccc2[N+](=O)[O-])cc1F.Cc1cc(C)c(OCc2c(C3CC3)cccc2[N+](=O)[O-])cc1F.Cc1cc(C)c(OCc2c(Cl)cccc2[N+](=O)[O-])cc1F. The summed E-state index contributed by atoms with van der Waals surface area (Å²) >= 11 is 9.25. The summed E-state index contributed by atoms with van der Waals surface area (Å²) in [6.45, 7) is 26.5. The molecule has 1 aliphatic carbocycles. The van der Waals surface area contributed by atoms with E-state index in [-0.39, 0.29) is 124 Å². The second kappa shape index (κ2) is 46.1. The lowest BCUT2D eigenvalue weighted by molar-refractivity contribution is -0.386. The number of hydrogen-bond acceptors (Lipinski definition) is 18. The molecule has 0 bridgehead atoms. The van der Waals surface area contributed by atoms with Crippen LogP contribution in [0.3, 0.4) is 0 Å². The summed E-state index contributed by atoms with van der Waals surface area (Å²) in [6.07, 6.45) is 2.76. The summed E-state index contributed by atoms with van der Waals surface area (Å²) in [5.41, 5.74) is 14.2. The molecule has 13 rings (SSSR count). The fourth-order valence-corrected chi connectivity index (χ4v) is 14.2. The molecule has 0 heterocycles. The van der Waals surface area contributed by atoms with Crippen LogP contribution in [0.25, 0.3) is 0 Å². The maximum atomic E-state index is 13.7. The van der Waals surface area contributed by atoms with E-state index in [0.717, 1.165) is 68.5 Å². The van der Waals surface area contributed by atoms with Gasteiger partial charge < -0.3 is 28.4 Å². The molecule has 676 valence electrons. The van der Waals surface area contributed by atoms with Crippen LogP contribution in [0.5, 0.6) is 34.5 Å². The molecule has 1 fully saturated rings. The van der Waals surface area contributed by atoms with Crippen molar-refractivity contribution >= 4 is 61.7 Å². The number of nitrogens with zero attached hydrogens (tertiary/aromatic N) is 6. The molecule has 0 saturated heterocycles. The van der Waals surface area contributed by atoms with E-state index < -0.39 is 24.6 Å². The van der Waals surface area contributed by atoms with E-state index in [1.807, 2.05) is 46.8 Å². The molecule has 0 atom stereocenters. The molecule has 0 unspecified atom stereocenters. The Morgan fingerprint density at radius 1 is 0.295 bits per heavy atom. The molecule has 0 radical (unpaired) electrons. The van der Waals surface area contributed by atoms with Crippen molar-refractivity contribution in [2.24, 2.45) is 0 Å². The van der Waals surface area contributed by atoms with E-state index in [1.165, 1.54) is 78.9 Å². The Hall–Kier alpha value is -13.8. The van der Waals surface area contributed by atoms with Gasteiger partial charge in [0.05, 0.1) is 67.9 Å². The summed E-state index contributed by atoms with van der Waals surface area (Å²) in [5, 5.41) is 66.8. The summed E-state index contributed by atoms with van der Waals surface area (Å²) in [6, 6.07) is 46.9. The topological polar surface area (TPSA) is 314 Å². The van der Waals surface area contributed by atoms with E-state index in [9.17, 15) is 87.0 Å². The molecular formula is C97H94BrClF6N6O18. The quantitative estimate of drug-likeness (QED) is 0.0276. The molecule has 0 N–H and O–H groups in total. The molecule has 12 aromatic rings. The number of aryl methyl sites for hydroxylation is 15. The fourth-order valence-electron chi connectivity index (χ4n) is 13.5. The van der Waals surface area contributed by atoms with E-state index in [0.29, 0.717) is 113 Å². The minimum absolute atomic E-state index is 0.0128. The van der Waals surface area contributed by atoms with Crippen LogP contribution < -0.4 is 28.4 Å². The van der Waals surface area contributed by atoms with Crippen LogP contribution in [-0.4, -0.2) is 29.5 Å². The van der Waals surface area contributed by atoms with Crippen molar-refractivity contribution in [1.29, 1.82) is 0 Å². The Bertz CT molecular complexity index is 5710. The number of ether oxygens (including phenoxy) is 6. The summed E-state index contributed by atoms with van der Waals surface area (Å²) in [7, 11) is 0. The number of rotatable bonds is 26. The average molecular weight is 1860 g/mol. The van der Waals surface area contributed by atoms with E-state index in [4.69, 9.17) is 40.0 Å². The highest BCUT2D eigenvalue weighted by molar-refractivity contribution is 9.10. The molecule has 24 nitrogen and oxygen atoms in total. The van der Waals surface area contributed by atoms with Gasteiger partial charge in [0.15, 0.2) is 0 Å². The van der Waals surface area contributed by atoms with E-state index in [2.05, 4.69) is 15.9 Å². The average Bonchev–Trinajstić information content (AvgIpc) is 1.65. The Morgan fingerprint density at radius 3 is 0.829 bits per heavy atom. The van der Waals surface area contributed by atoms with Crippen LogP contribution in [0, 0.1) is 193 Å². The molecule has 0 amide bonds. The van der Waals surface area contributed by atoms with Crippen LogP contribution >= 0.6 is 27.5 Å². The second-order valence-corrected chi connectivity index (χ2v) is 31.7. The predicted octanol–water partition coefficient (Wildman–Crippen LogP) is 27.1. The lowest BCUT2D eigenvalue weighted by Gasteiger charge is -2.13. The van der Waals surface area contributed by atoms with Gasteiger partial charge >= 0.3 is 0 Å². The summed E-state index contributed by atoms with van der Waals surface area (Å²) in [4.78, 5) is 63.9. The lowest BCUT2D eigenvalue weighted by atomic mass is 10.0. The fraction of sp³-hybridized carbons (Fsp3) is 0.258. The lowest BCUT2D eigenvalue weighted by Crippen LogP contribution is -2.05. The standard InChI is InChI=1S/C18H18FNO3.C17H18FNO3.2C16H16FNO3.C15H13BrFNO3.C15H13ClFNO3/c1-11-8-12(2)18(9-16(11)19)23-10-15-14(13-6-7-13)4-3-5-17(15)20(21)22;1-4-13-6-5-7-16(19(20)21)14(13)10-22-17-9-15(18)11(2)8-12(17)3;2*1-10-5-4-6-15(18(19)20)13(10)9-21-16-8-14(17)11(2)7-12(16)3;2*1-9-6-10(2)15(7-13(9)17)21-8-11-12(16)4-3-5-14(11)18(19)20/h3-5,8-9,13H,6-7,10H2,1-2H3;5-9H,4,10H2,1-3H3;2*4-8H,9H2,1-3H3;2*3-7H,8H2,1-2H3. The van der Waals surface area contributed by atoms with E-state index >= 15 is 0 Å². The zero-order valence-corrected chi connectivity index (χ0v) is 75.7. The number of benzene rings is 12. The van der Waals surface area contributed by atoms with Crippen molar-refractivity contribution in [3.05, 3.63) is 409 Å². The van der Waals surface area contributed by atoms with Gasteiger partial charge in [-0.2, -0.15) is 0 Å². The summed E-state index contributed by atoms with van der Waals surface area (Å²) in [5.74, 6) is 0.586. The van der Waals surface area contributed by atoms with Gasteiger partial charge in [0.2, 0.25) is 0 Å². The smallest absolute Gasteiger partial charge is 0.277 e.